The van der Waals surface area contributed by atoms with Crippen molar-refractivity contribution in [1.82, 2.24) is 4.90 Å². The first-order valence-corrected chi connectivity index (χ1v) is 6.54. The molecule has 0 aliphatic heterocycles. The third-order valence-electron chi connectivity index (χ3n) is 3.43. The van der Waals surface area contributed by atoms with Crippen molar-refractivity contribution >= 4 is 23.3 Å². The molecular formula is C15H15NO4. The minimum atomic E-state index is -1.31. The number of nitrogens with zero attached hydrogens (tertiary/aromatic N) is 1. The summed E-state index contributed by atoms with van der Waals surface area (Å²) in [4.78, 5) is 49.7. The third kappa shape index (κ3) is 2.05. The fourth-order valence-electron chi connectivity index (χ4n) is 2.41. The summed E-state index contributed by atoms with van der Waals surface area (Å²) in [7, 11) is 0. The van der Waals surface area contributed by atoms with Crippen molar-refractivity contribution in [3.05, 3.63) is 35.4 Å². The standard InChI is InChI=1S/C15H15NO4/c1-3-11(17)16(4-2)12-13(18)9-7-5-6-8-10(9)14(19)15(12)20/h5-8,12H,3-4H2,1-2H3. The van der Waals surface area contributed by atoms with Crippen LogP contribution in [0.1, 0.15) is 41.0 Å². The quantitative estimate of drug-likeness (QED) is 0.614. The van der Waals surface area contributed by atoms with E-state index in [9.17, 15) is 19.2 Å². The fraction of sp³-hybridized carbons (Fsp3) is 0.333. The van der Waals surface area contributed by atoms with Crippen molar-refractivity contribution in [2.75, 3.05) is 6.54 Å². The minimum Gasteiger partial charge on any atom is -0.325 e. The summed E-state index contributed by atoms with van der Waals surface area (Å²) < 4.78 is 0. The second-order valence-electron chi connectivity index (χ2n) is 4.54. The maximum atomic E-state index is 12.4. The number of carbonyl (C=O) groups is 4. The van der Waals surface area contributed by atoms with Crippen molar-refractivity contribution < 1.29 is 19.2 Å². The average molecular weight is 273 g/mol. The van der Waals surface area contributed by atoms with Crippen LogP contribution in [0.25, 0.3) is 0 Å². The molecule has 2 rings (SSSR count). The summed E-state index contributed by atoms with van der Waals surface area (Å²) in [5.74, 6) is -2.31. The summed E-state index contributed by atoms with van der Waals surface area (Å²) in [6.07, 6.45) is 0.181. The largest absolute Gasteiger partial charge is 0.325 e. The van der Waals surface area contributed by atoms with Crippen LogP contribution < -0.4 is 0 Å². The molecule has 1 atom stereocenters. The number of ketones is 3. The van der Waals surface area contributed by atoms with Crippen molar-refractivity contribution in [2.24, 2.45) is 0 Å². The molecule has 1 aromatic carbocycles. The number of fused-ring (bicyclic) bond motifs is 1. The van der Waals surface area contributed by atoms with Gasteiger partial charge in [0.2, 0.25) is 17.5 Å². The van der Waals surface area contributed by atoms with Crippen LogP contribution in [-0.2, 0) is 9.59 Å². The maximum Gasteiger partial charge on any atom is 0.233 e. The molecule has 5 heteroatoms. The molecule has 1 amide bonds. The van der Waals surface area contributed by atoms with E-state index in [0.717, 1.165) is 0 Å². The van der Waals surface area contributed by atoms with Gasteiger partial charge in [-0.25, -0.2) is 0 Å². The lowest BCUT2D eigenvalue weighted by atomic mass is 9.84. The molecule has 0 N–H and O–H groups in total. The molecule has 1 aliphatic carbocycles. The number of hydrogen-bond donors (Lipinski definition) is 0. The minimum absolute atomic E-state index is 0.124. The van der Waals surface area contributed by atoms with Gasteiger partial charge in [0, 0.05) is 24.1 Å². The van der Waals surface area contributed by atoms with E-state index in [2.05, 4.69) is 0 Å². The molecule has 1 aliphatic rings. The van der Waals surface area contributed by atoms with Gasteiger partial charge >= 0.3 is 0 Å². The van der Waals surface area contributed by atoms with Crippen molar-refractivity contribution in [3.63, 3.8) is 0 Å². The summed E-state index contributed by atoms with van der Waals surface area (Å²) in [5, 5.41) is 0. The van der Waals surface area contributed by atoms with Crippen LogP contribution in [0.3, 0.4) is 0 Å². The topological polar surface area (TPSA) is 71.5 Å². The van der Waals surface area contributed by atoms with Gasteiger partial charge in [-0.3, -0.25) is 19.2 Å². The van der Waals surface area contributed by atoms with E-state index < -0.39 is 23.4 Å². The molecular weight excluding hydrogens is 258 g/mol. The predicted octanol–water partition coefficient (Wildman–Crippen LogP) is 1.26. The number of carbonyl (C=O) groups excluding carboxylic acids is 4. The van der Waals surface area contributed by atoms with Crippen LogP contribution in [0.4, 0.5) is 0 Å². The molecule has 0 fully saturated rings. The number of hydrogen-bond acceptors (Lipinski definition) is 4. The van der Waals surface area contributed by atoms with E-state index >= 15 is 0 Å². The second-order valence-corrected chi connectivity index (χ2v) is 4.54. The highest BCUT2D eigenvalue weighted by atomic mass is 16.2. The van der Waals surface area contributed by atoms with Gasteiger partial charge in [0.15, 0.2) is 11.8 Å². The number of amides is 1. The van der Waals surface area contributed by atoms with E-state index in [-0.39, 0.29) is 30.0 Å². The lowest BCUT2D eigenvalue weighted by Crippen LogP contribution is -2.54. The Kier molecular flexibility index (Phi) is 3.79. The van der Waals surface area contributed by atoms with Crippen LogP contribution in [0.15, 0.2) is 24.3 Å². The zero-order valence-electron chi connectivity index (χ0n) is 11.4. The van der Waals surface area contributed by atoms with Crippen LogP contribution >= 0.6 is 0 Å². The fourth-order valence-corrected chi connectivity index (χ4v) is 2.41. The van der Waals surface area contributed by atoms with E-state index in [0.29, 0.717) is 0 Å². The van der Waals surface area contributed by atoms with E-state index in [1.54, 1.807) is 26.0 Å². The highest BCUT2D eigenvalue weighted by Gasteiger charge is 2.44. The second kappa shape index (κ2) is 5.36. The molecule has 20 heavy (non-hydrogen) atoms. The molecule has 0 heterocycles. The lowest BCUT2D eigenvalue weighted by molar-refractivity contribution is -0.136. The lowest BCUT2D eigenvalue weighted by Gasteiger charge is -2.31. The van der Waals surface area contributed by atoms with Gasteiger partial charge in [-0.1, -0.05) is 31.2 Å². The molecule has 104 valence electrons. The van der Waals surface area contributed by atoms with Crippen LogP contribution in [0.5, 0.6) is 0 Å². The summed E-state index contributed by atoms with van der Waals surface area (Å²) in [5.41, 5.74) is 0.336. The smallest absolute Gasteiger partial charge is 0.233 e. The number of Topliss-reactive ketones (excluding diaryl/α,β-unsaturated/α-hetero) is 3. The normalized spacial score (nSPS) is 17.9. The zero-order valence-corrected chi connectivity index (χ0v) is 11.4. The highest BCUT2D eigenvalue weighted by Crippen LogP contribution is 2.23. The predicted molar refractivity (Wildman–Crippen MR) is 71.6 cm³/mol. The van der Waals surface area contributed by atoms with E-state index in [1.165, 1.54) is 17.0 Å². The Morgan fingerprint density at radius 1 is 1.05 bits per heavy atom. The van der Waals surface area contributed by atoms with Gasteiger partial charge in [0.05, 0.1) is 0 Å². The molecule has 1 unspecified atom stereocenters. The van der Waals surface area contributed by atoms with Gasteiger partial charge < -0.3 is 4.90 Å². The van der Waals surface area contributed by atoms with Crippen molar-refractivity contribution in [3.8, 4) is 0 Å². The van der Waals surface area contributed by atoms with Crippen LogP contribution in [0, 0.1) is 0 Å². The Balaban J connectivity index is 2.52. The molecule has 5 nitrogen and oxygen atoms in total. The molecule has 0 bridgehead atoms. The van der Waals surface area contributed by atoms with Crippen LogP contribution in [-0.4, -0.2) is 40.7 Å². The van der Waals surface area contributed by atoms with E-state index in [4.69, 9.17) is 0 Å². The van der Waals surface area contributed by atoms with Gasteiger partial charge in [-0.05, 0) is 6.92 Å². The number of rotatable bonds is 3. The van der Waals surface area contributed by atoms with Gasteiger partial charge in [-0.2, -0.15) is 0 Å². The first-order valence-electron chi connectivity index (χ1n) is 6.54. The first-order chi connectivity index (χ1) is 9.52. The average Bonchev–Trinajstić information content (AvgIpc) is 2.48. The Bertz CT molecular complexity index is 606. The van der Waals surface area contributed by atoms with Gasteiger partial charge in [0.25, 0.3) is 0 Å². The van der Waals surface area contributed by atoms with Crippen molar-refractivity contribution in [1.29, 1.82) is 0 Å². The zero-order chi connectivity index (χ0) is 14.9. The van der Waals surface area contributed by atoms with Crippen LogP contribution in [0.2, 0.25) is 0 Å². The third-order valence-corrected chi connectivity index (χ3v) is 3.43. The van der Waals surface area contributed by atoms with E-state index in [1.807, 2.05) is 0 Å². The number of likely N-dealkylation sites (N-methyl/N-ethyl adjacent to an activating group) is 1. The van der Waals surface area contributed by atoms with Gasteiger partial charge in [-0.15, -0.1) is 0 Å². The highest BCUT2D eigenvalue weighted by molar-refractivity contribution is 6.53. The Labute approximate surface area is 116 Å². The first kappa shape index (κ1) is 14.1. The molecule has 0 saturated heterocycles. The Morgan fingerprint density at radius 3 is 2.20 bits per heavy atom. The molecule has 0 aromatic heterocycles. The molecule has 0 saturated carbocycles. The molecule has 0 radical (unpaired) electrons. The number of benzene rings is 1. The summed E-state index contributed by atoms with van der Waals surface area (Å²) in [6.45, 7) is 3.54. The molecule has 1 aromatic rings. The monoisotopic (exact) mass is 273 g/mol. The van der Waals surface area contributed by atoms with Crippen molar-refractivity contribution in [2.45, 2.75) is 26.3 Å². The Hall–Kier alpha value is -2.30. The summed E-state index contributed by atoms with van der Waals surface area (Å²) in [6, 6.07) is 4.90. The summed E-state index contributed by atoms with van der Waals surface area (Å²) >= 11 is 0. The Morgan fingerprint density at radius 2 is 1.65 bits per heavy atom. The maximum absolute atomic E-state index is 12.4. The van der Waals surface area contributed by atoms with Gasteiger partial charge in [0.1, 0.15) is 0 Å². The molecule has 0 spiro atoms. The SMILES string of the molecule is CCC(=O)N(CC)C1C(=O)C(=O)c2ccccc2C1=O.